The van der Waals surface area contributed by atoms with E-state index >= 15 is 0 Å². The molecule has 0 aliphatic carbocycles. The molecule has 8 heteroatoms. The predicted octanol–water partition coefficient (Wildman–Crippen LogP) is -0.170. The average Bonchev–Trinajstić information content (AvgIpc) is 2.47. The number of hydrogen-bond acceptors (Lipinski definition) is 5. The Bertz CT molecular complexity index is 612. The lowest BCUT2D eigenvalue weighted by Crippen LogP contribution is -2.51. The molecule has 2 rings (SSSR count). The third-order valence-corrected chi connectivity index (χ3v) is 5.20. The van der Waals surface area contributed by atoms with Crippen LogP contribution in [-0.4, -0.2) is 60.8 Å². The van der Waals surface area contributed by atoms with Crippen molar-refractivity contribution in [1.82, 2.24) is 4.31 Å². The number of morpholine rings is 1. The number of rotatable bonds is 4. The fourth-order valence-corrected chi connectivity index (χ4v) is 3.51. The van der Waals surface area contributed by atoms with E-state index in [9.17, 15) is 18.3 Å². The van der Waals surface area contributed by atoms with Crippen molar-refractivity contribution in [3.8, 4) is 0 Å². The zero-order valence-electron chi connectivity index (χ0n) is 11.5. The maximum absolute atomic E-state index is 12.5. The van der Waals surface area contributed by atoms with Gasteiger partial charge in [-0.3, -0.25) is 0 Å². The Morgan fingerprint density at radius 3 is 2.57 bits per heavy atom. The summed E-state index contributed by atoms with van der Waals surface area (Å²) in [5.74, 6) is -1.44. The Morgan fingerprint density at radius 1 is 1.38 bits per heavy atom. The Kier molecular flexibility index (Phi) is 4.62. The van der Waals surface area contributed by atoms with Crippen LogP contribution in [-0.2, 0) is 19.6 Å². The highest BCUT2D eigenvalue weighted by Crippen LogP contribution is 2.20. The maximum Gasteiger partial charge on any atom is 0.335 e. The fourth-order valence-electron chi connectivity index (χ4n) is 2.08. The standard InChI is InChI=1S/C13H17NO6S/c1-9-2-4-10(5-3-9)21(18,19)14-6-7-20-11(8-14)12(15)13(16)17/h2-5,11-12,15H,6-8H2,1H3,(H,16,17). The lowest BCUT2D eigenvalue weighted by Gasteiger charge is -2.33. The number of aryl methyl sites for hydroxylation is 1. The van der Waals surface area contributed by atoms with E-state index in [1.54, 1.807) is 12.1 Å². The van der Waals surface area contributed by atoms with E-state index in [1.807, 2.05) is 6.92 Å². The van der Waals surface area contributed by atoms with E-state index in [0.717, 1.165) is 9.87 Å². The molecule has 2 unspecified atom stereocenters. The molecule has 1 aliphatic rings. The summed E-state index contributed by atoms with van der Waals surface area (Å²) in [6.45, 7) is 1.83. The summed E-state index contributed by atoms with van der Waals surface area (Å²) >= 11 is 0. The highest BCUT2D eigenvalue weighted by molar-refractivity contribution is 7.89. The van der Waals surface area contributed by atoms with Gasteiger partial charge in [0, 0.05) is 13.1 Å². The molecule has 0 bridgehead atoms. The van der Waals surface area contributed by atoms with Gasteiger partial charge < -0.3 is 14.9 Å². The molecule has 1 aromatic rings. The first-order valence-electron chi connectivity index (χ1n) is 6.41. The van der Waals surface area contributed by atoms with Gasteiger partial charge in [0.2, 0.25) is 10.0 Å². The van der Waals surface area contributed by atoms with Crippen molar-refractivity contribution in [3.63, 3.8) is 0 Å². The van der Waals surface area contributed by atoms with Gasteiger partial charge in [-0.25, -0.2) is 13.2 Å². The summed E-state index contributed by atoms with van der Waals surface area (Å²) in [5.41, 5.74) is 0.940. The van der Waals surface area contributed by atoms with Crippen LogP contribution in [0, 0.1) is 6.92 Å². The molecule has 1 fully saturated rings. The summed E-state index contributed by atoms with van der Waals surface area (Å²) in [4.78, 5) is 10.9. The third-order valence-electron chi connectivity index (χ3n) is 3.32. The van der Waals surface area contributed by atoms with Crippen molar-refractivity contribution < 1.29 is 28.2 Å². The zero-order chi connectivity index (χ0) is 15.6. The molecule has 0 aromatic heterocycles. The molecular formula is C13H17NO6S. The first-order valence-corrected chi connectivity index (χ1v) is 7.85. The van der Waals surface area contributed by atoms with E-state index < -0.39 is 28.2 Å². The van der Waals surface area contributed by atoms with E-state index in [2.05, 4.69) is 0 Å². The first kappa shape index (κ1) is 15.9. The van der Waals surface area contributed by atoms with Crippen molar-refractivity contribution in [1.29, 1.82) is 0 Å². The lowest BCUT2D eigenvalue weighted by molar-refractivity contribution is -0.158. The second kappa shape index (κ2) is 6.10. The van der Waals surface area contributed by atoms with E-state index in [4.69, 9.17) is 9.84 Å². The summed E-state index contributed by atoms with van der Waals surface area (Å²) in [7, 11) is -3.72. The Hall–Kier alpha value is -1.48. The number of ether oxygens (including phenoxy) is 1. The third kappa shape index (κ3) is 3.41. The Labute approximate surface area is 122 Å². The van der Waals surface area contributed by atoms with Crippen LogP contribution in [0.2, 0.25) is 0 Å². The minimum absolute atomic E-state index is 0.0418. The number of carboxylic acid groups (broad SMARTS) is 1. The second-order valence-electron chi connectivity index (χ2n) is 4.87. The molecule has 1 saturated heterocycles. The number of nitrogens with zero attached hydrogens (tertiary/aromatic N) is 1. The fraction of sp³-hybridized carbons (Fsp3) is 0.462. The van der Waals surface area contributed by atoms with Crippen LogP contribution in [0.3, 0.4) is 0 Å². The Morgan fingerprint density at radius 2 is 2.00 bits per heavy atom. The van der Waals surface area contributed by atoms with Crippen LogP contribution in [0.5, 0.6) is 0 Å². The van der Waals surface area contributed by atoms with Crippen LogP contribution in [0.15, 0.2) is 29.2 Å². The van der Waals surface area contributed by atoms with Gasteiger partial charge in [-0.15, -0.1) is 0 Å². The van der Waals surface area contributed by atoms with Gasteiger partial charge in [-0.2, -0.15) is 4.31 Å². The molecule has 1 aliphatic heterocycles. The quantitative estimate of drug-likeness (QED) is 0.799. The molecule has 0 spiro atoms. The van der Waals surface area contributed by atoms with Gasteiger partial charge >= 0.3 is 5.97 Å². The van der Waals surface area contributed by atoms with Crippen LogP contribution in [0.1, 0.15) is 5.56 Å². The van der Waals surface area contributed by atoms with Gasteiger partial charge in [0.1, 0.15) is 6.10 Å². The van der Waals surface area contributed by atoms with Crippen molar-refractivity contribution in [2.75, 3.05) is 19.7 Å². The first-order chi connectivity index (χ1) is 9.82. The maximum atomic E-state index is 12.5. The highest BCUT2D eigenvalue weighted by Gasteiger charge is 2.36. The lowest BCUT2D eigenvalue weighted by atomic mass is 10.2. The molecule has 116 valence electrons. The van der Waals surface area contributed by atoms with Gasteiger partial charge in [-0.05, 0) is 19.1 Å². The molecule has 2 N–H and O–H groups in total. The number of sulfonamides is 1. The SMILES string of the molecule is Cc1ccc(S(=O)(=O)N2CCOC(C(O)C(=O)O)C2)cc1. The van der Waals surface area contributed by atoms with Crippen molar-refractivity contribution in [3.05, 3.63) is 29.8 Å². The number of carbonyl (C=O) groups is 1. The monoisotopic (exact) mass is 315 g/mol. The molecule has 0 radical (unpaired) electrons. The molecule has 0 saturated carbocycles. The molecule has 1 aromatic carbocycles. The van der Waals surface area contributed by atoms with Crippen molar-refractivity contribution >= 4 is 16.0 Å². The molecule has 21 heavy (non-hydrogen) atoms. The van der Waals surface area contributed by atoms with Crippen molar-refractivity contribution in [2.45, 2.75) is 24.0 Å². The topological polar surface area (TPSA) is 104 Å². The summed E-state index contributed by atoms with van der Waals surface area (Å²) in [6, 6.07) is 6.39. The minimum Gasteiger partial charge on any atom is -0.479 e. The normalized spacial score (nSPS) is 21.9. The predicted molar refractivity (Wildman–Crippen MR) is 73.3 cm³/mol. The second-order valence-corrected chi connectivity index (χ2v) is 6.81. The minimum atomic E-state index is -3.72. The molecular weight excluding hydrogens is 298 g/mol. The van der Waals surface area contributed by atoms with Gasteiger partial charge in [0.05, 0.1) is 11.5 Å². The van der Waals surface area contributed by atoms with Crippen LogP contribution in [0.4, 0.5) is 0 Å². The molecule has 7 nitrogen and oxygen atoms in total. The van der Waals surface area contributed by atoms with Crippen LogP contribution >= 0.6 is 0 Å². The highest BCUT2D eigenvalue weighted by atomic mass is 32.2. The van der Waals surface area contributed by atoms with Crippen LogP contribution in [0.25, 0.3) is 0 Å². The zero-order valence-corrected chi connectivity index (χ0v) is 12.3. The van der Waals surface area contributed by atoms with E-state index in [-0.39, 0.29) is 24.6 Å². The number of aliphatic hydroxyl groups is 1. The van der Waals surface area contributed by atoms with E-state index in [0.29, 0.717) is 0 Å². The molecule has 1 heterocycles. The smallest absolute Gasteiger partial charge is 0.335 e. The number of aliphatic hydroxyl groups excluding tert-OH is 1. The summed E-state index contributed by atoms with van der Waals surface area (Å²) in [6.07, 6.45) is -2.82. The summed E-state index contributed by atoms with van der Waals surface area (Å²) < 4.78 is 31.2. The van der Waals surface area contributed by atoms with Gasteiger partial charge in [0.25, 0.3) is 0 Å². The molecule has 0 amide bonds. The van der Waals surface area contributed by atoms with Crippen LogP contribution < -0.4 is 0 Å². The number of aliphatic carboxylic acids is 1. The van der Waals surface area contributed by atoms with Gasteiger partial charge in [0.15, 0.2) is 6.10 Å². The number of hydrogen-bond donors (Lipinski definition) is 2. The number of benzene rings is 1. The van der Waals surface area contributed by atoms with Crippen molar-refractivity contribution in [2.24, 2.45) is 0 Å². The van der Waals surface area contributed by atoms with E-state index in [1.165, 1.54) is 12.1 Å². The van der Waals surface area contributed by atoms with Gasteiger partial charge in [-0.1, -0.05) is 17.7 Å². The number of carboxylic acids is 1. The average molecular weight is 315 g/mol. The molecule has 2 atom stereocenters. The largest absolute Gasteiger partial charge is 0.479 e. The Balaban J connectivity index is 2.20. The summed E-state index contributed by atoms with van der Waals surface area (Å²) in [5, 5.41) is 18.3.